The van der Waals surface area contributed by atoms with Gasteiger partial charge < -0.3 is 14.6 Å². The number of nitrogens with one attached hydrogen (secondary N) is 1. The molecule has 2 bridgehead atoms. The van der Waals surface area contributed by atoms with E-state index in [1.807, 2.05) is 26.2 Å². The molecule has 110 valence electrons. The molecule has 4 heterocycles. The minimum absolute atomic E-state index is 0. The molecular formula is C16H25N3O. The molecule has 2 aromatic rings. The van der Waals surface area contributed by atoms with E-state index in [1.165, 1.54) is 29.5 Å². The molecular weight excluding hydrogens is 250 g/mol. The summed E-state index contributed by atoms with van der Waals surface area (Å²) in [6.45, 7) is 7.85. The summed E-state index contributed by atoms with van der Waals surface area (Å²) < 4.78 is 5.64. The third-order valence-corrected chi connectivity index (χ3v) is 4.26. The maximum Gasteiger partial charge on any atom is 0.137 e. The Morgan fingerprint density at radius 1 is 1.30 bits per heavy atom. The molecule has 0 radical (unpaired) electrons. The van der Waals surface area contributed by atoms with Gasteiger partial charge in [0.25, 0.3) is 0 Å². The number of hydrogen-bond donors (Lipinski definition) is 1. The van der Waals surface area contributed by atoms with Gasteiger partial charge in [0.15, 0.2) is 0 Å². The van der Waals surface area contributed by atoms with Crippen LogP contribution < -0.4 is 4.90 Å². The van der Waals surface area contributed by atoms with Gasteiger partial charge in [0.05, 0.1) is 37.2 Å². The summed E-state index contributed by atoms with van der Waals surface area (Å²) in [5.41, 5.74) is 3.50. The Labute approximate surface area is 121 Å². The van der Waals surface area contributed by atoms with E-state index < -0.39 is 0 Å². The molecule has 0 amide bonds. The molecule has 2 unspecified atom stereocenters. The van der Waals surface area contributed by atoms with Crippen LogP contribution in [0.2, 0.25) is 0 Å². The number of aromatic nitrogens is 2. The fourth-order valence-corrected chi connectivity index (χ4v) is 3.32. The highest BCUT2D eigenvalue weighted by atomic mass is 16.5. The second-order valence-electron chi connectivity index (χ2n) is 5.39. The number of ether oxygens (including phenoxy) is 1. The van der Waals surface area contributed by atoms with Gasteiger partial charge in [0, 0.05) is 13.0 Å². The maximum absolute atomic E-state index is 5.64. The number of rotatable bonds is 1. The van der Waals surface area contributed by atoms with E-state index >= 15 is 0 Å². The Morgan fingerprint density at radius 3 is 2.70 bits per heavy atom. The third kappa shape index (κ3) is 2.08. The number of anilines is 1. The number of H-pyrrole nitrogens is 1. The van der Waals surface area contributed by atoms with Gasteiger partial charge in [-0.05, 0) is 31.4 Å². The Morgan fingerprint density at radius 2 is 2.00 bits per heavy atom. The van der Waals surface area contributed by atoms with Crippen LogP contribution in [-0.2, 0) is 4.74 Å². The zero-order valence-corrected chi connectivity index (χ0v) is 12.5. The SMILES string of the molecule is CC.Cc1c[nH]c2ncc(N3C4CCC3COC4)cc12.[HH]. The second-order valence-corrected chi connectivity index (χ2v) is 5.39. The van der Waals surface area contributed by atoms with Crippen molar-refractivity contribution >= 4 is 16.7 Å². The molecule has 2 aliphatic rings. The fraction of sp³-hybridized carbons (Fsp3) is 0.562. The normalized spacial score (nSPS) is 24.6. The Bertz CT molecular complexity index is 582. The van der Waals surface area contributed by atoms with Crippen LogP contribution >= 0.6 is 0 Å². The van der Waals surface area contributed by atoms with E-state index in [4.69, 9.17) is 4.74 Å². The Kier molecular flexibility index (Phi) is 3.66. The predicted molar refractivity (Wildman–Crippen MR) is 84.4 cm³/mol. The molecule has 2 atom stereocenters. The fourth-order valence-electron chi connectivity index (χ4n) is 3.32. The minimum Gasteiger partial charge on any atom is -0.377 e. The van der Waals surface area contributed by atoms with Crippen LogP contribution in [0, 0.1) is 6.92 Å². The molecule has 2 saturated heterocycles. The molecule has 0 spiro atoms. The summed E-state index contributed by atoms with van der Waals surface area (Å²) in [6, 6.07) is 3.36. The molecule has 0 aromatic carbocycles. The molecule has 0 saturated carbocycles. The second kappa shape index (κ2) is 5.44. The average Bonchev–Trinajstić information content (AvgIpc) is 2.98. The highest BCUT2D eigenvalue weighted by Gasteiger charge is 2.37. The van der Waals surface area contributed by atoms with Gasteiger partial charge in [0.1, 0.15) is 5.65 Å². The van der Waals surface area contributed by atoms with Crippen LogP contribution in [0.1, 0.15) is 33.7 Å². The molecule has 4 rings (SSSR count). The lowest BCUT2D eigenvalue weighted by Crippen LogP contribution is -2.45. The summed E-state index contributed by atoms with van der Waals surface area (Å²) in [4.78, 5) is 10.3. The summed E-state index contributed by atoms with van der Waals surface area (Å²) in [6.07, 6.45) is 6.51. The van der Waals surface area contributed by atoms with Gasteiger partial charge in [-0.15, -0.1) is 0 Å². The highest BCUT2D eigenvalue weighted by Crippen LogP contribution is 2.34. The number of nitrogens with zero attached hydrogens (tertiary/aromatic N) is 2. The van der Waals surface area contributed by atoms with Crippen molar-refractivity contribution < 1.29 is 6.16 Å². The molecule has 1 N–H and O–H groups in total. The molecule has 2 aromatic heterocycles. The van der Waals surface area contributed by atoms with Crippen molar-refractivity contribution in [2.24, 2.45) is 0 Å². The Hall–Kier alpha value is -1.55. The van der Waals surface area contributed by atoms with Gasteiger partial charge in [-0.3, -0.25) is 0 Å². The van der Waals surface area contributed by atoms with Crippen LogP contribution in [0.25, 0.3) is 11.0 Å². The van der Waals surface area contributed by atoms with Crippen molar-refractivity contribution in [3.05, 3.63) is 24.0 Å². The topological polar surface area (TPSA) is 41.2 Å². The molecule has 4 nitrogen and oxygen atoms in total. The summed E-state index contributed by atoms with van der Waals surface area (Å²) >= 11 is 0. The van der Waals surface area contributed by atoms with E-state index in [0.29, 0.717) is 12.1 Å². The van der Waals surface area contributed by atoms with E-state index in [0.717, 1.165) is 18.9 Å². The van der Waals surface area contributed by atoms with E-state index in [-0.39, 0.29) is 1.43 Å². The number of aryl methyl sites for hydroxylation is 1. The molecule has 2 aliphatic heterocycles. The van der Waals surface area contributed by atoms with Crippen molar-refractivity contribution in [2.75, 3.05) is 18.1 Å². The van der Waals surface area contributed by atoms with E-state index in [1.54, 1.807) is 0 Å². The van der Waals surface area contributed by atoms with Crippen LogP contribution in [0.5, 0.6) is 0 Å². The zero-order valence-electron chi connectivity index (χ0n) is 12.5. The maximum atomic E-state index is 5.64. The lowest BCUT2D eigenvalue weighted by Gasteiger charge is -2.36. The molecule has 0 aliphatic carbocycles. The van der Waals surface area contributed by atoms with Crippen LogP contribution in [0.15, 0.2) is 18.5 Å². The van der Waals surface area contributed by atoms with Gasteiger partial charge >= 0.3 is 0 Å². The monoisotopic (exact) mass is 275 g/mol. The number of morpholine rings is 1. The first-order valence-corrected chi connectivity index (χ1v) is 7.63. The van der Waals surface area contributed by atoms with Gasteiger partial charge in [-0.1, -0.05) is 13.8 Å². The average molecular weight is 275 g/mol. The van der Waals surface area contributed by atoms with Crippen molar-refractivity contribution in [1.29, 1.82) is 0 Å². The zero-order chi connectivity index (χ0) is 14.1. The van der Waals surface area contributed by atoms with Crippen molar-refractivity contribution in [2.45, 2.75) is 45.7 Å². The first kappa shape index (κ1) is 13.4. The van der Waals surface area contributed by atoms with E-state index in [9.17, 15) is 0 Å². The first-order valence-electron chi connectivity index (χ1n) is 7.63. The number of fused-ring (bicyclic) bond motifs is 3. The number of aromatic amines is 1. The molecule has 4 heteroatoms. The predicted octanol–water partition coefficient (Wildman–Crippen LogP) is 3.51. The Balaban J connectivity index is 0.000000517. The largest absolute Gasteiger partial charge is 0.377 e. The van der Waals surface area contributed by atoms with Gasteiger partial charge in [-0.25, -0.2) is 4.98 Å². The smallest absolute Gasteiger partial charge is 0.137 e. The molecule has 20 heavy (non-hydrogen) atoms. The highest BCUT2D eigenvalue weighted by molar-refractivity contribution is 5.82. The third-order valence-electron chi connectivity index (χ3n) is 4.26. The summed E-state index contributed by atoms with van der Waals surface area (Å²) in [5.74, 6) is 0. The van der Waals surface area contributed by atoms with Gasteiger partial charge in [-0.2, -0.15) is 0 Å². The number of hydrogen-bond acceptors (Lipinski definition) is 3. The van der Waals surface area contributed by atoms with Crippen molar-refractivity contribution in [3.8, 4) is 0 Å². The lowest BCUT2D eigenvalue weighted by atomic mass is 10.2. The minimum atomic E-state index is 0. The lowest BCUT2D eigenvalue weighted by molar-refractivity contribution is 0.0906. The van der Waals surface area contributed by atoms with E-state index in [2.05, 4.69) is 27.9 Å². The van der Waals surface area contributed by atoms with Crippen LogP contribution in [-0.4, -0.2) is 35.3 Å². The van der Waals surface area contributed by atoms with Crippen LogP contribution in [0.3, 0.4) is 0 Å². The summed E-state index contributed by atoms with van der Waals surface area (Å²) in [5, 5.41) is 1.23. The number of pyridine rings is 1. The van der Waals surface area contributed by atoms with Crippen molar-refractivity contribution in [3.63, 3.8) is 0 Å². The van der Waals surface area contributed by atoms with Gasteiger partial charge in [0.2, 0.25) is 0 Å². The molecule has 2 fully saturated rings. The first-order chi connectivity index (χ1) is 9.83. The summed E-state index contributed by atoms with van der Waals surface area (Å²) in [7, 11) is 0. The van der Waals surface area contributed by atoms with Crippen LogP contribution in [0.4, 0.5) is 5.69 Å². The quantitative estimate of drug-likeness (QED) is 0.866. The van der Waals surface area contributed by atoms with Crippen molar-refractivity contribution in [1.82, 2.24) is 9.97 Å². The standard InChI is InChI=1S/C14H17N3O.C2H6.H2/c1-9-5-15-14-13(9)4-12(6-16-14)17-10-2-3-11(17)8-18-7-10;1-2;/h4-6,10-11H,2-3,7-8H2,1H3,(H,15,16);1-2H3;1H.